The molecule has 21 heavy (non-hydrogen) atoms. The highest BCUT2D eigenvalue weighted by Crippen LogP contribution is 2.52. The molecule has 1 aliphatic rings. The largest absolute Gasteiger partial charge is 0.369 e. The number of aromatic nitrogens is 2. The van der Waals surface area contributed by atoms with E-state index in [2.05, 4.69) is 72.1 Å². The molecule has 4 heteroatoms. The van der Waals surface area contributed by atoms with Gasteiger partial charge in [-0.1, -0.05) is 37.3 Å². The predicted molar refractivity (Wildman–Crippen MR) is 94.7 cm³/mol. The molecule has 1 aromatic heterocycles. The predicted octanol–water partition coefficient (Wildman–Crippen LogP) is 4.16. The number of anilines is 1. The minimum atomic E-state index is 0.0414. The smallest absolute Gasteiger partial charge is 0.143 e. The lowest BCUT2D eigenvalue weighted by Gasteiger charge is -2.18. The Kier molecular flexibility index (Phi) is 4.15. The molecule has 2 aromatic rings. The van der Waals surface area contributed by atoms with Crippen LogP contribution in [-0.4, -0.2) is 16.5 Å². The van der Waals surface area contributed by atoms with Gasteiger partial charge in [-0.25, -0.2) is 9.97 Å². The zero-order valence-corrected chi connectivity index (χ0v) is 14.6. The van der Waals surface area contributed by atoms with Crippen molar-refractivity contribution in [2.45, 2.75) is 38.5 Å². The number of nitrogens with one attached hydrogen (secondary N) is 1. The summed E-state index contributed by atoms with van der Waals surface area (Å²) in [6, 6.07) is 10.7. The van der Waals surface area contributed by atoms with Crippen LogP contribution in [0.15, 0.2) is 30.3 Å². The molecular formula is C17H20IN3. The van der Waals surface area contributed by atoms with Crippen molar-refractivity contribution in [2.24, 2.45) is 0 Å². The Morgan fingerprint density at radius 2 is 1.86 bits per heavy atom. The average molecular weight is 393 g/mol. The maximum Gasteiger partial charge on any atom is 0.143 e. The van der Waals surface area contributed by atoms with Gasteiger partial charge in [0.05, 0.1) is 14.7 Å². The van der Waals surface area contributed by atoms with Gasteiger partial charge in [0.25, 0.3) is 0 Å². The van der Waals surface area contributed by atoms with Crippen LogP contribution in [0, 0.1) is 3.57 Å². The molecule has 0 aliphatic heterocycles. The fraction of sp³-hybridized carbons (Fsp3) is 0.412. The highest BCUT2D eigenvalue weighted by Gasteiger charge is 2.49. The first-order valence-electron chi connectivity index (χ1n) is 7.57. The molecular weight excluding hydrogens is 373 g/mol. The standard InChI is InChI=1S/C17H20IN3/c1-3-13-14(18)15(19-4-2)21-16(20-13)17(10-11-17)12-8-6-5-7-9-12/h5-9H,3-4,10-11H2,1-2H3,(H,19,20,21). The van der Waals surface area contributed by atoms with Gasteiger partial charge in [-0.15, -0.1) is 0 Å². The summed E-state index contributed by atoms with van der Waals surface area (Å²) in [4.78, 5) is 9.74. The average Bonchev–Trinajstić information content (AvgIpc) is 3.32. The van der Waals surface area contributed by atoms with E-state index < -0.39 is 0 Å². The first-order valence-corrected chi connectivity index (χ1v) is 8.65. The lowest BCUT2D eigenvalue weighted by Crippen LogP contribution is -2.17. The Bertz CT molecular complexity index is 636. The molecule has 1 aromatic carbocycles. The van der Waals surface area contributed by atoms with E-state index >= 15 is 0 Å². The van der Waals surface area contributed by atoms with Gasteiger partial charge < -0.3 is 5.32 Å². The van der Waals surface area contributed by atoms with Gasteiger partial charge >= 0.3 is 0 Å². The Morgan fingerprint density at radius 1 is 1.14 bits per heavy atom. The van der Waals surface area contributed by atoms with Crippen molar-refractivity contribution >= 4 is 28.4 Å². The highest BCUT2D eigenvalue weighted by molar-refractivity contribution is 14.1. The summed E-state index contributed by atoms with van der Waals surface area (Å²) < 4.78 is 1.16. The van der Waals surface area contributed by atoms with Gasteiger partial charge in [0.1, 0.15) is 11.6 Å². The molecule has 1 aliphatic carbocycles. The second-order valence-corrected chi connectivity index (χ2v) is 6.57. The molecule has 1 saturated carbocycles. The van der Waals surface area contributed by atoms with Crippen molar-refractivity contribution in [3.63, 3.8) is 0 Å². The summed E-state index contributed by atoms with van der Waals surface area (Å²) in [5.74, 6) is 1.98. The van der Waals surface area contributed by atoms with Crippen molar-refractivity contribution in [3.05, 3.63) is 51.0 Å². The van der Waals surface area contributed by atoms with E-state index in [-0.39, 0.29) is 5.41 Å². The Morgan fingerprint density at radius 3 is 2.43 bits per heavy atom. The number of nitrogens with zero attached hydrogens (tertiary/aromatic N) is 2. The molecule has 3 nitrogen and oxygen atoms in total. The van der Waals surface area contributed by atoms with Crippen LogP contribution in [0.3, 0.4) is 0 Å². The summed E-state index contributed by atoms with van der Waals surface area (Å²) in [6.45, 7) is 5.15. The van der Waals surface area contributed by atoms with Crippen molar-refractivity contribution in [3.8, 4) is 0 Å². The molecule has 3 rings (SSSR count). The summed E-state index contributed by atoms with van der Waals surface area (Å²) in [7, 11) is 0. The molecule has 0 atom stereocenters. The quantitative estimate of drug-likeness (QED) is 0.776. The zero-order chi connectivity index (χ0) is 14.9. The van der Waals surface area contributed by atoms with Crippen molar-refractivity contribution in [1.82, 2.24) is 9.97 Å². The van der Waals surface area contributed by atoms with E-state index in [9.17, 15) is 0 Å². The van der Waals surface area contributed by atoms with Crippen LogP contribution in [0.5, 0.6) is 0 Å². The lowest BCUT2D eigenvalue weighted by atomic mass is 9.95. The maximum atomic E-state index is 4.89. The molecule has 0 saturated heterocycles. The molecule has 0 amide bonds. The van der Waals surface area contributed by atoms with E-state index in [0.717, 1.165) is 46.7 Å². The van der Waals surface area contributed by atoms with Crippen LogP contribution in [0.25, 0.3) is 0 Å². The number of hydrogen-bond donors (Lipinski definition) is 1. The molecule has 1 N–H and O–H groups in total. The SMILES string of the molecule is CCNc1nc(C2(c3ccccc3)CC2)nc(CC)c1I. The number of halogens is 1. The van der Waals surface area contributed by atoms with Crippen LogP contribution in [0.1, 0.15) is 43.8 Å². The van der Waals surface area contributed by atoms with Gasteiger partial charge in [-0.05, 0) is 54.3 Å². The molecule has 0 bridgehead atoms. The van der Waals surface area contributed by atoms with Crippen LogP contribution < -0.4 is 5.32 Å². The topological polar surface area (TPSA) is 37.8 Å². The monoisotopic (exact) mass is 393 g/mol. The van der Waals surface area contributed by atoms with Gasteiger partial charge in [-0.2, -0.15) is 0 Å². The summed E-state index contributed by atoms with van der Waals surface area (Å²) in [6.07, 6.45) is 3.23. The zero-order valence-electron chi connectivity index (χ0n) is 12.5. The second kappa shape index (κ2) is 5.91. The first-order chi connectivity index (χ1) is 10.2. The number of aryl methyl sites for hydroxylation is 1. The fourth-order valence-corrected chi connectivity index (χ4v) is 3.56. The maximum absolute atomic E-state index is 4.89. The van der Waals surface area contributed by atoms with Crippen molar-refractivity contribution in [2.75, 3.05) is 11.9 Å². The second-order valence-electron chi connectivity index (χ2n) is 5.49. The van der Waals surface area contributed by atoms with E-state index in [0.29, 0.717) is 0 Å². The number of benzene rings is 1. The Labute approximate surface area is 139 Å². The fourth-order valence-electron chi connectivity index (χ4n) is 2.75. The first kappa shape index (κ1) is 14.8. The Balaban J connectivity index is 2.08. The third kappa shape index (κ3) is 2.65. The number of rotatable bonds is 5. The third-order valence-electron chi connectivity index (χ3n) is 4.10. The van der Waals surface area contributed by atoms with Gasteiger partial charge in [-0.3, -0.25) is 0 Å². The summed E-state index contributed by atoms with van der Waals surface area (Å²) in [5.41, 5.74) is 2.54. The minimum Gasteiger partial charge on any atom is -0.369 e. The van der Waals surface area contributed by atoms with E-state index in [1.54, 1.807) is 0 Å². The molecule has 1 fully saturated rings. The number of hydrogen-bond acceptors (Lipinski definition) is 3. The van der Waals surface area contributed by atoms with Gasteiger partial charge in [0, 0.05) is 6.54 Å². The molecule has 110 valence electrons. The van der Waals surface area contributed by atoms with Crippen molar-refractivity contribution < 1.29 is 0 Å². The summed E-state index contributed by atoms with van der Waals surface area (Å²) >= 11 is 2.36. The highest BCUT2D eigenvalue weighted by atomic mass is 127. The van der Waals surface area contributed by atoms with E-state index in [4.69, 9.17) is 9.97 Å². The third-order valence-corrected chi connectivity index (χ3v) is 5.24. The molecule has 0 radical (unpaired) electrons. The van der Waals surface area contributed by atoms with Crippen LogP contribution >= 0.6 is 22.6 Å². The van der Waals surface area contributed by atoms with Crippen LogP contribution in [0.4, 0.5) is 5.82 Å². The lowest BCUT2D eigenvalue weighted by molar-refractivity contribution is 0.738. The van der Waals surface area contributed by atoms with Gasteiger partial charge in [0.2, 0.25) is 0 Å². The molecule has 0 unspecified atom stereocenters. The van der Waals surface area contributed by atoms with E-state index in [1.165, 1.54) is 5.56 Å². The van der Waals surface area contributed by atoms with Crippen LogP contribution in [-0.2, 0) is 11.8 Å². The van der Waals surface area contributed by atoms with Crippen molar-refractivity contribution in [1.29, 1.82) is 0 Å². The molecule has 0 spiro atoms. The summed E-state index contributed by atoms with van der Waals surface area (Å²) in [5, 5.41) is 3.38. The van der Waals surface area contributed by atoms with Gasteiger partial charge in [0.15, 0.2) is 0 Å². The van der Waals surface area contributed by atoms with Crippen LogP contribution in [0.2, 0.25) is 0 Å². The minimum absolute atomic E-state index is 0.0414. The normalized spacial score (nSPS) is 15.8. The molecule has 1 heterocycles. The van der Waals surface area contributed by atoms with E-state index in [1.807, 2.05) is 0 Å². The Hall–Kier alpha value is -1.17.